The van der Waals surface area contributed by atoms with Crippen LogP contribution in [0.1, 0.15) is 0 Å². The van der Waals surface area contributed by atoms with E-state index >= 15 is 0 Å². The van der Waals surface area contributed by atoms with Gasteiger partial charge in [-0.2, -0.15) is 0 Å². The molecule has 0 radical (unpaired) electrons. The van der Waals surface area contributed by atoms with Crippen LogP contribution in [0.3, 0.4) is 0 Å². The first-order valence-electron chi connectivity index (χ1n) is 3.54. The third kappa shape index (κ3) is 1.46. The van der Waals surface area contributed by atoms with Gasteiger partial charge in [-0.25, -0.2) is 0 Å². The number of rotatable bonds is 2. The van der Waals surface area contributed by atoms with Crippen molar-refractivity contribution in [2.45, 2.75) is 0 Å². The van der Waals surface area contributed by atoms with E-state index in [9.17, 15) is 0 Å². The summed E-state index contributed by atoms with van der Waals surface area (Å²) in [7, 11) is 1.52. The summed E-state index contributed by atoms with van der Waals surface area (Å²) in [6, 6.07) is 3.37. The Bertz CT molecular complexity index is 370. The van der Waals surface area contributed by atoms with Crippen molar-refractivity contribution in [2.24, 2.45) is 0 Å². The fourth-order valence-corrected chi connectivity index (χ4v) is 0.828. The Morgan fingerprint density at radius 2 is 2.15 bits per heavy atom. The van der Waals surface area contributed by atoms with Crippen LogP contribution in [-0.4, -0.2) is 27.5 Å². The van der Waals surface area contributed by atoms with Gasteiger partial charge in [0, 0.05) is 6.07 Å². The van der Waals surface area contributed by atoms with E-state index in [1.807, 2.05) is 0 Å². The van der Waals surface area contributed by atoms with Crippen LogP contribution in [0, 0.1) is 0 Å². The van der Waals surface area contributed by atoms with Gasteiger partial charge < -0.3 is 9.15 Å². The maximum atomic E-state index is 4.93. The lowest BCUT2D eigenvalue weighted by molar-refractivity contribution is 0.392. The fourth-order valence-electron chi connectivity index (χ4n) is 0.828. The molecule has 66 valence electrons. The summed E-state index contributed by atoms with van der Waals surface area (Å²) in [6.07, 6.45) is 1.24. The van der Waals surface area contributed by atoms with Crippen LogP contribution >= 0.6 is 0 Å². The molecule has 2 rings (SSSR count). The molecule has 2 aromatic rings. The Labute approximate surface area is 73.6 Å². The molecule has 0 aliphatic heterocycles. The van der Waals surface area contributed by atoms with Gasteiger partial charge in [0.25, 0.3) is 5.89 Å². The molecule has 0 fully saturated rings. The van der Waals surface area contributed by atoms with Crippen molar-refractivity contribution >= 4 is 0 Å². The van der Waals surface area contributed by atoms with E-state index in [-0.39, 0.29) is 0 Å². The highest BCUT2D eigenvalue weighted by molar-refractivity contribution is 5.44. The highest BCUT2D eigenvalue weighted by atomic mass is 16.5. The average Bonchev–Trinajstić information content (AvgIpc) is 2.71. The van der Waals surface area contributed by atoms with E-state index in [0.29, 0.717) is 17.5 Å². The van der Waals surface area contributed by atoms with Crippen molar-refractivity contribution < 1.29 is 9.15 Å². The molecule has 0 aliphatic carbocycles. The molecule has 0 atom stereocenters. The normalized spacial score (nSPS) is 9.92. The molecule has 2 aromatic heterocycles. The second kappa shape index (κ2) is 3.18. The number of hydrogen-bond acceptors (Lipinski definition) is 6. The van der Waals surface area contributed by atoms with Crippen molar-refractivity contribution in [3.05, 3.63) is 18.5 Å². The van der Waals surface area contributed by atoms with Crippen LogP contribution in [-0.2, 0) is 0 Å². The van der Waals surface area contributed by atoms with E-state index in [0.717, 1.165) is 0 Å². The third-order valence-corrected chi connectivity index (χ3v) is 1.43. The molecule has 6 heteroatoms. The van der Waals surface area contributed by atoms with Gasteiger partial charge in [0.15, 0.2) is 5.69 Å². The highest BCUT2D eigenvalue weighted by Gasteiger charge is 2.05. The van der Waals surface area contributed by atoms with Crippen LogP contribution in [0.25, 0.3) is 11.6 Å². The van der Waals surface area contributed by atoms with E-state index in [4.69, 9.17) is 9.15 Å². The summed E-state index contributed by atoms with van der Waals surface area (Å²) in [5, 5.41) is 14.8. The lowest BCUT2D eigenvalue weighted by Crippen LogP contribution is -1.91. The van der Waals surface area contributed by atoms with E-state index < -0.39 is 0 Å². The van der Waals surface area contributed by atoms with Gasteiger partial charge in [-0.3, -0.25) is 0 Å². The van der Waals surface area contributed by atoms with E-state index in [2.05, 4.69) is 20.4 Å². The molecule has 0 amide bonds. The minimum atomic E-state index is 0.343. The van der Waals surface area contributed by atoms with Gasteiger partial charge in [0.1, 0.15) is 0 Å². The summed E-state index contributed by atoms with van der Waals surface area (Å²) < 4.78 is 9.77. The van der Waals surface area contributed by atoms with Crippen molar-refractivity contribution in [1.29, 1.82) is 0 Å². The third-order valence-electron chi connectivity index (χ3n) is 1.43. The van der Waals surface area contributed by atoms with Crippen LogP contribution in [0.15, 0.2) is 22.9 Å². The van der Waals surface area contributed by atoms with Gasteiger partial charge in [0.2, 0.25) is 12.3 Å². The topological polar surface area (TPSA) is 73.9 Å². The molecule has 0 saturated heterocycles. The molecular formula is C7H6N4O2. The Morgan fingerprint density at radius 1 is 1.23 bits per heavy atom. The SMILES string of the molecule is COc1ccc(-c2nnco2)nn1. The lowest BCUT2D eigenvalue weighted by Gasteiger charge is -1.96. The Morgan fingerprint density at radius 3 is 2.69 bits per heavy atom. The summed E-state index contributed by atoms with van der Waals surface area (Å²) in [5.41, 5.74) is 0.526. The van der Waals surface area contributed by atoms with E-state index in [1.165, 1.54) is 13.5 Å². The highest BCUT2D eigenvalue weighted by Crippen LogP contribution is 2.13. The summed E-state index contributed by atoms with van der Waals surface area (Å²) in [6.45, 7) is 0. The largest absolute Gasteiger partial charge is 0.480 e. The number of ether oxygens (including phenoxy) is 1. The molecule has 13 heavy (non-hydrogen) atoms. The fraction of sp³-hybridized carbons (Fsp3) is 0.143. The quantitative estimate of drug-likeness (QED) is 0.667. The summed E-state index contributed by atoms with van der Waals surface area (Å²) >= 11 is 0. The molecule has 0 spiro atoms. The standard InChI is InChI=1S/C7H6N4O2/c1-12-6-3-2-5(9-10-6)7-11-8-4-13-7/h2-4H,1H3. The zero-order valence-corrected chi connectivity index (χ0v) is 6.84. The minimum Gasteiger partial charge on any atom is -0.480 e. The average molecular weight is 178 g/mol. The molecule has 0 unspecified atom stereocenters. The smallest absolute Gasteiger partial charge is 0.267 e. The minimum absolute atomic E-state index is 0.343. The van der Waals surface area contributed by atoms with Crippen LogP contribution in [0.2, 0.25) is 0 Å². The predicted molar refractivity (Wildman–Crippen MR) is 41.9 cm³/mol. The van der Waals surface area contributed by atoms with Crippen LogP contribution in [0.4, 0.5) is 0 Å². The second-order valence-electron chi connectivity index (χ2n) is 2.20. The van der Waals surface area contributed by atoms with E-state index in [1.54, 1.807) is 12.1 Å². The van der Waals surface area contributed by atoms with Crippen molar-refractivity contribution in [2.75, 3.05) is 7.11 Å². The first kappa shape index (κ1) is 7.66. The Balaban J connectivity index is 2.33. The Kier molecular flexibility index (Phi) is 1.87. The van der Waals surface area contributed by atoms with Crippen molar-refractivity contribution in [3.63, 3.8) is 0 Å². The maximum Gasteiger partial charge on any atom is 0.267 e. The maximum absolute atomic E-state index is 4.93. The molecule has 0 bridgehead atoms. The second-order valence-corrected chi connectivity index (χ2v) is 2.20. The molecule has 0 aliphatic rings. The number of methoxy groups -OCH3 is 1. The van der Waals surface area contributed by atoms with Gasteiger partial charge in [-0.05, 0) is 6.07 Å². The molecule has 6 nitrogen and oxygen atoms in total. The molecule has 0 saturated carbocycles. The molecular weight excluding hydrogens is 172 g/mol. The summed E-state index contributed by atoms with van der Waals surface area (Å²) in [4.78, 5) is 0. The zero-order valence-electron chi connectivity index (χ0n) is 6.84. The first-order chi connectivity index (χ1) is 6.40. The monoisotopic (exact) mass is 178 g/mol. The van der Waals surface area contributed by atoms with Gasteiger partial charge in [-0.15, -0.1) is 20.4 Å². The zero-order chi connectivity index (χ0) is 9.10. The number of nitrogens with zero attached hydrogens (tertiary/aromatic N) is 4. The molecule has 2 heterocycles. The van der Waals surface area contributed by atoms with Crippen molar-refractivity contribution in [3.8, 4) is 17.5 Å². The number of aromatic nitrogens is 4. The van der Waals surface area contributed by atoms with Gasteiger partial charge in [-0.1, -0.05) is 0 Å². The van der Waals surface area contributed by atoms with Gasteiger partial charge >= 0.3 is 0 Å². The van der Waals surface area contributed by atoms with Crippen LogP contribution < -0.4 is 4.74 Å². The molecule has 0 N–H and O–H groups in total. The summed E-state index contributed by atoms with van der Waals surface area (Å²) in [5.74, 6) is 0.790. The van der Waals surface area contributed by atoms with Gasteiger partial charge in [0.05, 0.1) is 7.11 Å². The molecule has 0 aromatic carbocycles. The number of hydrogen-bond donors (Lipinski definition) is 0. The lowest BCUT2D eigenvalue weighted by atomic mass is 10.4. The van der Waals surface area contributed by atoms with Crippen LogP contribution in [0.5, 0.6) is 5.88 Å². The Hall–Kier alpha value is -1.98. The first-order valence-corrected chi connectivity index (χ1v) is 3.54. The predicted octanol–water partition coefficient (Wildman–Crippen LogP) is 0.535. The van der Waals surface area contributed by atoms with Crippen molar-refractivity contribution in [1.82, 2.24) is 20.4 Å².